The third kappa shape index (κ3) is 7.57. The summed E-state index contributed by atoms with van der Waals surface area (Å²) in [6, 6.07) is 0. The van der Waals surface area contributed by atoms with E-state index in [0.29, 0.717) is 25.9 Å². The molecule has 3 nitrogen and oxygen atoms in total. The molecule has 2 N–H and O–H groups in total. The summed E-state index contributed by atoms with van der Waals surface area (Å²) in [5.41, 5.74) is -0.516. The highest BCUT2D eigenvalue weighted by atomic mass is 19.4. The van der Waals surface area contributed by atoms with E-state index in [1.807, 2.05) is 6.92 Å². The number of hydrogen-bond acceptors (Lipinski definition) is 3. The molecule has 0 heterocycles. The lowest BCUT2D eigenvalue weighted by Gasteiger charge is -2.31. The van der Waals surface area contributed by atoms with Gasteiger partial charge in [0.15, 0.2) is 0 Å². The van der Waals surface area contributed by atoms with Crippen LogP contribution in [0.4, 0.5) is 13.2 Å². The van der Waals surface area contributed by atoms with Gasteiger partial charge in [-0.25, -0.2) is 0 Å². The van der Waals surface area contributed by atoms with Gasteiger partial charge < -0.3 is 10.4 Å². The van der Waals surface area contributed by atoms with Gasteiger partial charge in [0.05, 0.1) is 13.2 Å². The normalized spacial score (nSPS) is 16.2. The summed E-state index contributed by atoms with van der Waals surface area (Å²) in [4.78, 5) is 1.38. The minimum Gasteiger partial charge on any atom is -0.394 e. The van der Waals surface area contributed by atoms with Crippen molar-refractivity contribution in [1.29, 1.82) is 0 Å². The highest BCUT2D eigenvalue weighted by Crippen LogP contribution is 2.18. The Morgan fingerprint density at radius 3 is 2.18 bits per heavy atom. The molecule has 1 unspecified atom stereocenters. The fraction of sp³-hybridized carbons (Fsp3) is 1.00. The molecule has 0 aromatic heterocycles. The van der Waals surface area contributed by atoms with Crippen LogP contribution in [-0.4, -0.2) is 55.0 Å². The Kier molecular flexibility index (Phi) is 7.04. The van der Waals surface area contributed by atoms with Crippen molar-refractivity contribution >= 4 is 0 Å². The molecule has 0 bridgehead atoms. The second-order valence-electron chi connectivity index (χ2n) is 4.61. The fourth-order valence-corrected chi connectivity index (χ4v) is 1.53. The van der Waals surface area contributed by atoms with E-state index in [9.17, 15) is 13.2 Å². The number of rotatable bonds is 8. The second-order valence-corrected chi connectivity index (χ2v) is 4.61. The van der Waals surface area contributed by atoms with E-state index < -0.39 is 18.3 Å². The van der Waals surface area contributed by atoms with Crippen LogP contribution in [0.1, 0.15) is 26.7 Å². The summed E-state index contributed by atoms with van der Waals surface area (Å²) < 4.78 is 36.9. The molecular formula is C11H23F3N2O. The number of likely N-dealkylation sites (N-methyl/N-ethyl adjacent to an activating group) is 1. The monoisotopic (exact) mass is 256 g/mol. The van der Waals surface area contributed by atoms with Gasteiger partial charge in [-0.15, -0.1) is 0 Å². The lowest BCUT2D eigenvalue weighted by Crippen LogP contribution is -2.47. The maximum absolute atomic E-state index is 12.3. The summed E-state index contributed by atoms with van der Waals surface area (Å²) in [5.74, 6) is 0. The lowest BCUT2D eigenvalue weighted by atomic mass is 9.99. The van der Waals surface area contributed by atoms with Gasteiger partial charge in [-0.1, -0.05) is 6.92 Å². The third-order valence-corrected chi connectivity index (χ3v) is 2.88. The molecule has 0 fully saturated rings. The lowest BCUT2D eigenvalue weighted by molar-refractivity contribution is -0.146. The van der Waals surface area contributed by atoms with Crippen LogP contribution in [0.2, 0.25) is 0 Å². The first-order chi connectivity index (χ1) is 7.76. The molecule has 0 rings (SSSR count). The van der Waals surface area contributed by atoms with Gasteiger partial charge in [-0.2, -0.15) is 13.2 Å². The molecule has 0 aliphatic carbocycles. The second kappa shape index (κ2) is 7.18. The smallest absolute Gasteiger partial charge is 0.394 e. The Labute approximate surface area is 101 Å². The molecule has 0 saturated carbocycles. The predicted octanol–water partition coefficient (Wildman–Crippen LogP) is 1.62. The zero-order chi connectivity index (χ0) is 13.5. The van der Waals surface area contributed by atoms with E-state index in [-0.39, 0.29) is 6.61 Å². The number of nitrogens with zero attached hydrogens (tertiary/aromatic N) is 1. The van der Waals surface area contributed by atoms with E-state index in [0.717, 1.165) is 0 Å². The number of halogens is 3. The maximum atomic E-state index is 12.3. The number of aliphatic hydroxyl groups is 1. The Bertz CT molecular complexity index is 205. The van der Waals surface area contributed by atoms with Gasteiger partial charge in [0.1, 0.15) is 0 Å². The Hall–Kier alpha value is -0.330. The fourth-order valence-electron chi connectivity index (χ4n) is 1.53. The van der Waals surface area contributed by atoms with Crippen molar-refractivity contribution in [2.45, 2.75) is 38.4 Å². The van der Waals surface area contributed by atoms with Gasteiger partial charge in [0.2, 0.25) is 0 Å². The SMILES string of the molecule is CCCN(CCC(C)(CO)NC)CC(F)(F)F. The molecule has 0 radical (unpaired) electrons. The van der Waals surface area contributed by atoms with Gasteiger partial charge in [0.25, 0.3) is 0 Å². The first kappa shape index (κ1) is 16.7. The molecule has 17 heavy (non-hydrogen) atoms. The average Bonchev–Trinajstić information content (AvgIpc) is 2.24. The van der Waals surface area contributed by atoms with E-state index >= 15 is 0 Å². The summed E-state index contributed by atoms with van der Waals surface area (Å²) in [6.07, 6.45) is -2.99. The van der Waals surface area contributed by atoms with E-state index in [1.54, 1.807) is 14.0 Å². The van der Waals surface area contributed by atoms with Crippen LogP contribution in [0.3, 0.4) is 0 Å². The van der Waals surface area contributed by atoms with Crippen molar-refractivity contribution in [1.82, 2.24) is 10.2 Å². The van der Waals surface area contributed by atoms with Gasteiger partial charge in [0, 0.05) is 12.1 Å². The highest BCUT2D eigenvalue weighted by Gasteiger charge is 2.31. The van der Waals surface area contributed by atoms with Crippen molar-refractivity contribution in [3.63, 3.8) is 0 Å². The molecular weight excluding hydrogens is 233 g/mol. The topological polar surface area (TPSA) is 35.5 Å². The number of nitrogens with one attached hydrogen (secondary N) is 1. The summed E-state index contributed by atoms with van der Waals surface area (Å²) in [5, 5.41) is 12.1. The van der Waals surface area contributed by atoms with Crippen LogP contribution in [0, 0.1) is 0 Å². The van der Waals surface area contributed by atoms with Crippen molar-refractivity contribution in [2.75, 3.05) is 33.3 Å². The van der Waals surface area contributed by atoms with Crippen LogP contribution >= 0.6 is 0 Å². The molecule has 0 amide bonds. The molecule has 0 aliphatic rings. The summed E-state index contributed by atoms with van der Waals surface area (Å²) >= 11 is 0. The summed E-state index contributed by atoms with van der Waals surface area (Å²) in [7, 11) is 1.70. The van der Waals surface area contributed by atoms with E-state index in [1.165, 1.54) is 4.90 Å². The average molecular weight is 256 g/mol. The molecule has 6 heteroatoms. The first-order valence-electron chi connectivity index (χ1n) is 5.85. The Balaban J connectivity index is 4.26. The minimum absolute atomic E-state index is 0.0878. The number of alkyl halides is 3. The molecule has 0 spiro atoms. The molecule has 0 aromatic rings. The molecule has 104 valence electrons. The van der Waals surface area contributed by atoms with Crippen LogP contribution in [0.5, 0.6) is 0 Å². The Morgan fingerprint density at radius 1 is 1.24 bits per heavy atom. The largest absolute Gasteiger partial charge is 0.401 e. The zero-order valence-corrected chi connectivity index (χ0v) is 10.8. The van der Waals surface area contributed by atoms with Crippen molar-refractivity contribution in [3.05, 3.63) is 0 Å². The van der Waals surface area contributed by atoms with Gasteiger partial charge in [-0.3, -0.25) is 4.90 Å². The minimum atomic E-state index is -4.16. The van der Waals surface area contributed by atoms with Gasteiger partial charge in [-0.05, 0) is 33.4 Å². The standard InChI is InChI=1S/C11H23F3N2O/c1-4-6-16(8-11(12,13)14)7-5-10(2,9-17)15-3/h15,17H,4-9H2,1-3H3. The van der Waals surface area contributed by atoms with Crippen LogP contribution in [0.25, 0.3) is 0 Å². The van der Waals surface area contributed by atoms with E-state index in [4.69, 9.17) is 5.11 Å². The zero-order valence-electron chi connectivity index (χ0n) is 10.8. The quantitative estimate of drug-likeness (QED) is 0.693. The Morgan fingerprint density at radius 2 is 1.82 bits per heavy atom. The summed E-state index contributed by atoms with van der Waals surface area (Å²) in [6.45, 7) is 3.43. The van der Waals surface area contributed by atoms with Gasteiger partial charge >= 0.3 is 6.18 Å². The van der Waals surface area contributed by atoms with E-state index in [2.05, 4.69) is 5.32 Å². The maximum Gasteiger partial charge on any atom is 0.401 e. The van der Waals surface area contributed by atoms with Crippen molar-refractivity contribution < 1.29 is 18.3 Å². The molecule has 0 aliphatic heterocycles. The van der Waals surface area contributed by atoms with Crippen LogP contribution < -0.4 is 5.32 Å². The molecule has 0 saturated heterocycles. The highest BCUT2D eigenvalue weighted by molar-refractivity contribution is 4.82. The predicted molar refractivity (Wildman–Crippen MR) is 62.0 cm³/mol. The van der Waals surface area contributed by atoms with Crippen molar-refractivity contribution in [2.24, 2.45) is 0 Å². The third-order valence-electron chi connectivity index (χ3n) is 2.88. The molecule has 1 atom stereocenters. The number of aliphatic hydroxyl groups excluding tert-OH is 1. The van der Waals surface area contributed by atoms with Crippen LogP contribution in [-0.2, 0) is 0 Å². The first-order valence-corrected chi connectivity index (χ1v) is 5.85. The van der Waals surface area contributed by atoms with Crippen LogP contribution in [0.15, 0.2) is 0 Å². The molecule has 0 aromatic carbocycles. The number of hydrogen-bond donors (Lipinski definition) is 2. The van der Waals surface area contributed by atoms with Crippen molar-refractivity contribution in [3.8, 4) is 0 Å².